The van der Waals surface area contributed by atoms with Gasteiger partial charge in [-0.05, 0) is 73.9 Å². The number of rotatable bonds is 3. The largest absolute Gasteiger partial charge is 0.525 e. The second kappa shape index (κ2) is 14.7. The van der Waals surface area contributed by atoms with Crippen molar-refractivity contribution in [3.05, 3.63) is 135 Å². The van der Waals surface area contributed by atoms with Crippen molar-refractivity contribution in [3.8, 4) is 22.6 Å². The van der Waals surface area contributed by atoms with Gasteiger partial charge in [-0.3, -0.25) is 10.1 Å². The normalized spacial score (nSPS) is 10.5. The molecule has 0 fully saturated rings. The first-order chi connectivity index (χ1) is 20.6. The van der Waals surface area contributed by atoms with E-state index in [1.807, 2.05) is 54.6 Å². The fourth-order valence-corrected chi connectivity index (χ4v) is 4.84. The Morgan fingerprint density at radius 2 is 1.09 bits per heavy atom. The van der Waals surface area contributed by atoms with Crippen LogP contribution in [0.1, 0.15) is 0 Å². The number of hydrogen-bond donors (Lipinski definition) is 4. The number of hydrogen-bond acceptors (Lipinski definition) is 5. The Kier molecular flexibility index (Phi) is 11.0. The lowest BCUT2D eigenvalue weighted by Crippen LogP contribution is -2.35. The van der Waals surface area contributed by atoms with E-state index in [1.54, 1.807) is 30.3 Å². The van der Waals surface area contributed by atoms with Crippen molar-refractivity contribution in [2.75, 3.05) is 0 Å². The molecule has 0 aliphatic rings. The summed E-state index contributed by atoms with van der Waals surface area (Å²) in [4.78, 5) is 3.53. The number of halogens is 5. The lowest BCUT2D eigenvalue weighted by molar-refractivity contribution is -0.154. The van der Waals surface area contributed by atoms with E-state index in [2.05, 4.69) is 20.7 Å². The predicted octanol–water partition coefficient (Wildman–Crippen LogP) is 8.97. The van der Waals surface area contributed by atoms with Gasteiger partial charge in [0, 0.05) is 16.6 Å². The summed E-state index contributed by atoms with van der Waals surface area (Å²) in [7, 11) is -1.70. The summed E-state index contributed by atoms with van der Waals surface area (Å²) >= 11 is 14.4. The van der Waals surface area contributed by atoms with Crippen molar-refractivity contribution in [2.45, 2.75) is 0 Å². The number of phenolic OH excluding ortho intramolecular Hbond substituents is 2. The van der Waals surface area contributed by atoms with Gasteiger partial charge in [-0.25, -0.2) is 8.78 Å². The predicted molar refractivity (Wildman–Crippen MR) is 172 cm³/mol. The van der Waals surface area contributed by atoms with Gasteiger partial charge in [0.1, 0.15) is 23.1 Å². The van der Waals surface area contributed by atoms with E-state index < -0.39 is 18.8 Å². The number of aromatic hydroxyl groups is 2. The molecular weight excluding hydrogens is 664 g/mol. The first kappa shape index (κ1) is 32.2. The van der Waals surface area contributed by atoms with Crippen molar-refractivity contribution >= 4 is 73.3 Å². The molecule has 0 unspecified atom stereocenters. The maximum absolute atomic E-state index is 14.0. The van der Waals surface area contributed by atoms with Crippen molar-refractivity contribution in [2.24, 2.45) is 0 Å². The molecule has 0 radical (unpaired) electrons. The molecule has 6 aromatic rings. The summed E-state index contributed by atoms with van der Waals surface area (Å²) in [5.41, 5.74) is 0.541. The molecule has 0 saturated heterocycles. The van der Waals surface area contributed by atoms with Crippen molar-refractivity contribution in [1.29, 1.82) is 0 Å². The smallest absolute Gasteiger partial charge is 0.507 e. The SMILES string of the molecule is OOB(O)c1cccc(Cl)c1F.Oc1cc2ccccc2cc1-c1cccc(Cl)c1F.Oc1cc2ccccc2cc1Br. The summed E-state index contributed by atoms with van der Waals surface area (Å²) in [6, 6.07) is 31.3. The summed E-state index contributed by atoms with van der Waals surface area (Å²) in [5, 5.41) is 40.3. The van der Waals surface area contributed by atoms with Crippen LogP contribution in [0.5, 0.6) is 11.5 Å². The van der Waals surface area contributed by atoms with Gasteiger partial charge in [-0.2, -0.15) is 0 Å². The molecule has 6 aromatic carbocycles. The minimum atomic E-state index is -1.70. The molecule has 0 aliphatic carbocycles. The van der Waals surface area contributed by atoms with Gasteiger partial charge >= 0.3 is 7.12 Å². The average Bonchev–Trinajstić information content (AvgIpc) is 3.00. The number of phenols is 2. The van der Waals surface area contributed by atoms with Crippen LogP contribution in [-0.2, 0) is 4.81 Å². The highest BCUT2D eigenvalue weighted by Crippen LogP contribution is 2.36. The second-order valence-electron chi connectivity index (χ2n) is 9.07. The van der Waals surface area contributed by atoms with Crippen LogP contribution in [0.3, 0.4) is 0 Å². The number of fused-ring (bicyclic) bond motifs is 2. The summed E-state index contributed by atoms with van der Waals surface area (Å²) in [5.74, 6) is -0.996. The zero-order valence-corrected chi connectivity index (χ0v) is 25.2. The van der Waals surface area contributed by atoms with E-state index >= 15 is 0 Å². The Morgan fingerprint density at radius 1 is 0.605 bits per heavy atom. The third-order valence-corrected chi connectivity index (χ3v) is 7.49. The van der Waals surface area contributed by atoms with Crippen LogP contribution in [0, 0.1) is 11.6 Å². The second-order valence-corrected chi connectivity index (χ2v) is 10.7. The Bertz CT molecular complexity index is 1850. The van der Waals surface area contributed by atoms with Crippen LogP contribution in [0.2, 0.25) is 10.0 Å². The van der Waals surface area contributed by atoms with Crippen molar-refractivity contribution in [3.63, 3.8) is 0 Å². The average molecular weight is 686 g/mol. The molecule has 43 heavy (non-hydrogen) atoms. The van der Waals surface area contributed by atoms with Crippen LogP contribution in [0.25, 0.3) is 32.7 Å². The van der Waals surface area contributed by atoms with Gasteiger partial charge in [0.2, 0.25) is 0 Å². The lowest BCUT2D eigenvalue weighted by atomic mass is 9.80. The molecule has 0 bridgehead atoms. The fraction of sp³-hybridized carbons (Fsp3) is 0. The molecule has 0 heterocycles. The first-order valence-corrected chi connectivity index (χ1v) is 14.1. The number of benzene rings is 6. The van der Waals surface area contributed by atoms with E-state index in [0.717, 1.165) is 26.0 Å². The Morgan fingerprint density at radius 3 is 1.67 bits per heavy atom. The molecule has 0 aliphatic heterocycles. The van der Waals surface area contributed by atoms with E-state index in [1.165, 1.54) is 24.3 Å². The highest BCUT2D eigenvalue weighted by atomic mass is 79.9. The maximum Gasteiger partial charge on any atom is 0.525 e. The zero-order chi connectivity index (χ0) is 31.1. The fourth-order valence-electron chi connectivity index (χ4n) is 4.12. The third-order valence-electron chi connectivity index (χ3n) is 6.27. The topological polar surface area (TPSA) is 90.2 Å². The minimum Gasteiger partial charge on any atom is -0.507 e. The summed E-state index contributed by atoms with van der Waals surface area (Å²) < 4.78 is 27.7. The highest BCUT2D eigenvalue weighted by Gasteiger charge is 2.22. The minimum absolute atomic E-state index is 0.0415. The van der Waals surface area contributed by atoms with Crippen molar-refractivity contribution in [1.82, 2.24) is 0 Å². The van der Waals surface area contributed by atoms with Crippen LogP contribution in [-0.4, -0.2) is 27.6 Å². The molecule has 0 aromatic heterocycles. The Balaban J connectivity index is 0.000000155. The Labute approximate surface area is 264 Å². The van der Waals surface area contributed by atoms with E-state index in [4.69, 9.17) is 33.5 Å². The van der Waals surface area contributed by atoms with Gasteiger partial charge in [0.25, 0.3) is 0 Å². The molecule has 5 nitrogen and oxygen atoms in total. The van der Waals surface area contributed by atoms with Gasteiger partial charge in [0.05, 0.1) is 14.5 Å². The van der Waals surface area contributed by atoms with E-state index in [0.29, 0.717) is 11.1 Å². The molecule has 0 spiro atoms. The maximum atomic E-state index is 14.0. The molecule has 218 valence electrons. The van der Waals surface area contributed by atoms with E-state index in [9.17, 15) is 19.0 Å². The van der Waals surface area contributed by atoms with E-state index in [-0.39, 0.29) is 27.0 Å². The molecule has 6 rings (SSSR count). The lowest BCUT2D eigenvalue weighted by Gasteiger charge is -2.09. The monoisotopic (exact) mass is 684 g/mol. The molecule has 4 N–H and O–H groups in total. The molecule has 0 atom stereocenters. The standard InChI is InChI=1S/C16H10ClFO.C10H7BrO.C6H5BClFO3/c17-14-7-3-6-12(16(14)18)13-8-10-4-1-2-5-11(10)9-15(13)19;11-9-5-7-3-1-2-4-8(7)6-10(9)12;8-5-3-1-2-4(6(5)9)7(10)12-11/h1-9,19H;1-6,12H;1-3,10-11H. The molecule has 11 heteroatoms. The quantitative estimate of drug-likeness (QED) is 0.0849. The first-order valence-electron chi connectivity index (χ1n) is 12.6. The van der Waals surface area contributed by atoms with Gasteiger partial charge in [-0.15, -0.1) is 0 Å². The molecule has 0 amide bonds. The van der Waals surface area contributed by atoms with Gasteiger partial charge in [0.15, 0.2) is 0 Å². The molecular formula is C32H22BBrCl2F2O5. The third kappa shape index (κ3) is 7.83. The Hall–Kier alpha value is -3.70. The summed E-state index contributed by atoms with van der Waals surface area (Å²) in [6.07, 6.45) is 0. The van der Waals surface area contributed by atoms with Gasteiger partial charge in [-0.1, -0.05) is 96.0 Å². The van der Waals surface area contributed by atoms with Crippen molar-refractivity contribution < 1.29 is 34.1 Å². The van der Waals surface area contributed by atoms with Crippen LogP contribution >= 0.6 is 39.1 Å². The highest BCUT2D eigenvalue weighted by molar-refractivity contribution is 9.10. The van der Waals surface area contributed by atoms with Gasteiger partial charge < -0.3 is 15.2 Å². The summed E-state index contributed by atoms with van der Waals surface area (Å²) in [6.45, 7) is 0. The zero-order valence-electron chi connectivity index (χ0n) is 22.1. The van der Waals surface area contributed by atoms with Crippen LogP contribution < -0.4 is 5.46 Å². The van der Waals surface area contributed by atoms with Crippen LogP contribution in [0.4, 0.5) is 8.78 Å². The molecule has 0 saturated carbocycles. The van der Waals surface area contributed by atoms with Crippen LogP contribution in [0.15, 0.2) is 114 Å².